The molecule has 152 valence electrons. The lowest BCUT2D eigenvalue weighted by Gasteiger charge is -2.36. The average molecular weight is 415 g/mol. The molecule has 1 aromatic carbocycles. The van der Waals surface area contributed by atoms with E-state index in [1.807, 2.05) is 0 Å². The second-order valence-electron chi connectivity index (χ2n) is 7.67. The van der Waals surface area contributed by atoms with Gasteiger partial charge in [-0.05, 0) is 32.8 Å². The van der Waals surface area contributed by atoms with E-state index in [9.17, 15) is 19.1 Å². The van der Waals surface area contributed by atoms with Crippen molar-refractivity contribution >= 4 is 23.0 Å². The molecule has 1 aliphatic heterocycles. The van der Waals surface area contributed by atoms with Crippen molar-refractivity contribution in [3.05, 3.63) is 62.6 Å². The highest BCUT2D eigenvalue weighted by Crippen LogP contribution is 2.44. The number of carbonyl (C=O) groups excluding carboxylic acids is 2. The van der Waals surface area contributed by atoms with Crippen LogP contribution in [-0.2, 0) is 4.79 Å². The van der Waals surface area contributed by atoms with E-state index in [0.29, 0.717) is 10.6 Å². The van der Waals surface area contributed by atoms with E-state index in [1.54, 1.807) is 32.0 Å². The quantitative estimate of drug-likeness (QED) is 0.729. The number of hydrogen-bond acceptors (Lipinski definition) is 5. The van der Waals surface area contributed by atoms with Gasteiger partial charge in [-0.3, -0.25) is 9.59 Å². The first-order chi connectivity index (χ1) is 13.9. The van der Waals surface area contributed by atoms with Gasteiger partial charge in [-0.1, -0.05) is 37.5 Å². The van der Waals surface area contributed by atoms with Crippen LogP contribution in [0.2, 0.25) is 0 Å². The molecule has 1 N–H and O–H groups in total. The summed E-state index contributed by atoms with van der Waals surface area (Å²) in [5.41, 5.74) is 0.740. The Morgan fingerprint density at radius 1 is 1.21 bits per heavy atom. The van der Waals surface area contributed by atoms with Gasteiger partial charge in [0.25, 0.3) is 5.91 Å². The van der Waals surface area contributed by atoms with Crippen LogP contribution < -0.4 is 0 Å². The van der Waals surface area contributed by atoms with Crippen LogP contribution in [0.5, 0.6) is 0 Å². The molecule has 0 spiro atoms. The van der Waals surface area contributed by atoms with Gasteiger partial charge in [-0.2, -0.15) is 0 Å². The van der Waals surface area contributed by atoms with Crippen LogP contribution in [-0.4, -0.2) is 32.7 Å². The molecule has 1 fully saturated rings. The number of amides is 1. The summed E-state index contributed by atoms with van der Waals surface area (Å²) in [7, 11) is 0. The van der Waals surface area contributed by atoms with Crippen molar-refractivity contribution < 1.29 is 19.1 Å². The third-order valence-corrected chi connectivity index (χ3v) is 6.84. The zero-order valence-corrected chi connectivity index (χ0v) is 17.3. The molecule has 1 aliphatic carbocycles. The van der Waals surface area contributed by atoms with E-state index in [2.05, 4.69) is 4.98 Å². The second-order valence-corrected chi connectivity index (χ2v) is 8.87. The van der Waals surface area contributed by atoms with Gasteiger partial charge in [0.15, 0.2) is 5.76 Å². The zero-order chi connectivity index (χ0) is 20.7. The largest absolute Gasteiger partial charge is 0.503 e. The molecule has 1 unspecified atom stereocenters. The maximum Gasteiger partial charge on any atom is 0.290 e. The highest BCUT2D eigenvalue weighted by molar-refractivity contribution is 7.14. The number of carbonyl (C=O) groups is 2. The van der Waals surface area contributed by atoms with Gasteiger partial charge in [0.1, 0.15) is 5.82 Å². The minimum absolute atomic E-state index is 0.0441. The Balaban J connectivity index is 1.85. The summed E-state index contributed by atoms with van der Waals surface area (Å²) in [5, 5.41) is 11.5. The molecule has 0 saturated heterocycles. The molecule has 1 aromatic heterocycles. The molecule has 1 amide bonds. The molecule has 4 rings (SSSR count). The van der Waals surface area contributed by atoms with Crippen molar-refractivity contribution in [3.63, 3.8) is 0 Å². The number of aliphatic hydroxyl groups is 1. The zero-order valence-electron chi connectivity index (χ0n) is 16.4. The Bertz CT molecular complexity index is 1010. The first-order valence-electron chi connectivity index (χ1n) is 9.89. The summed E-state index contributed by atoms with van der Waals surface area (Å²) < 4.78 is 14.8. The molecule has 2 heterocycles. The standard InChI is InChI=1S/C22H23FN2O3S/c1-12-21(29-13(2)24-12)19(26)17-18(15-10-6-7-11-16(15)23)25(22(28)20(17)27)14-8-4-3-5-9-14/h6-7,10-11,14,18,27H,3-5,8-9H2,1-2H3. The molecule has 5 nitrogen and oxygen atoms in total. The third-order valence-electron chi connectivity index (χ3n) is 5.77. The number of thiazole rings is 1. The first kappa shape index (κ1) is 19.8. The molecule has 0 radical (unpaired) electrons. The van der Waals surface area contributed by atoms with Crippen LogP contribution >= 0.6 is 11.3 Å². The third kappa shape index (κ3) is 3.37. The number of Topliss-reactive ketones (excluding diaryl/α,β-unsaturated/α-hetero) is 1. The van der Waals surface area contributed by atoms with Gasteiger partial charge in [-0.15, -0.1) is 11.3 Å². The Kier molecular flexibility index (Phi) is 5.25. The Hall–Kier alpha value is -2.54. The number of ketones is 1. The summed E-state index contributed by atoms with van der Waals surface area (Å²) >= 11 is 1.22. The Morgan fingerprint density at radius 3 is 2.52 bits per heavy atom. The lowest BCUT2D eigenvalue weighted by molar-refractivity contribution is -0.132. The van der Waals surface area contributed by atoms with E-state index in [0.717, 1.165) is 37.1 Å². The lowest BCUT2D eigenvalue weighted by Crippen LogP contribution is -2.41. The fraction of sp³-hybridized carbons (Fsp3) is 0.409. The van der Waals surface area contributed by atoms with Crippen molar-refractivity contribution in [2.75, 3.05) is 0 Å². The monoisotopic (exact) mass is 414 g/mol. The van der Waals surface area contributed by atoms with Gasteiger partial charge in [0, 0.05) is 11.6 Å². The molecule has 0 bridgehead atoms. The van der Waals surface area contributed by atoms with Crippen molar-refractivity contribution in [1.82, 2.24) is 9.88 Å². The Labute approximate surface area is 172 Å². The van der Waals surface area contributed by atoms with Gasteiger partial charge < -0.3 is 10.0 Å². The smallest absolute Gasteiger partial charge is 0.290 e. The van der Waals surface area contributed by atoms with E-state index >= 15 is 0 Å². The summed E-state index contributed by atoms with van der Waals surface area (Å²) in [4.78, 5) is 32.7. The summed E-state index contributed by atoms with van der Waals surface area (Å²) in [6.07, 6.45) is 4.59. The van der Waals surface area contributed by atoms with Crippen LogP contribution in [0.3, 0.4) is 0 Å². The lowest BCUT2D eigenvalue weighted by atomic mass is 9.90. The van der Waals surface area contributed by atoms with E-state index < -0.39 is 29.3 Å². The number of aromatic nitrogens is 1. The maximum absolute atomic E-state index is 14.8. The molecule has 2 aliphatic rings. The number of halogens is 1. The van der Waals surface area contributed by atoms with Gasteiger partial charge in [0.2, 0.25) is 5.78 Å². The summed E-state index contributed by atoms with van der Waals surface area (Å²) in [6, 6.07) is 5.10. The SMILES string of the molecule is Cc1nc(C)c(C(=O)C2=C(O)C(=O)N(C3CCCCC3)C2c2ccccc2F)s1. The predicted molar refractivity (Wildman–Crippen MR) is 108 cm³/mol. The highest BCUT2D eigenvalue weighted by atomic mass is 32.1. The molecule has 1 saturated carbocycles. The van der Waals surface area contributed by atoms with Crippen molar-refractivity contribution in [1.29, 1.82) is 0 Å². The normalized spacial score (nSPS) is 20.6. The number of benzene rings is 1. The second kappa shape index (κ2) is 7.71. The first-order valence-corrected chi connectivity index (χ1v) is 10.7. The minimum Gasteiger partial charge on any atom is -0.503 e. The molecular formula is C22H23FN2O3S. The fourth-order valence-electron chi connectivity index (χ4n) is 4.46. The molecule has 1 atom stereocenters. The van der Waals surface area contributed by atoms with Crippen LogP contribution in [0.25, 0.3) is 0 Å². The van der Waals surface area contributed by atoms with E-state index in [1.165, 1.54) is 22.3 Å². The van der Waals surface area contributed by atoms with Gasteiger partial charge >= 0.3 is 0 Å². The number of hydrogen-bond donors (Lipinski definition) is 1. The van der Waals surface area contributed by atoms with Crippen LogP contribution in [0.4, 0.5) is 4.39 Å². The van der Waals surface area contributed by atoms with Gasteiger partial charge in [-0.25, -0.2) is 9.37 Å². The van der Waals surface area contributed by atoms with Crippen LogP contribution in [0, 0.1) is 19.7 Å². The molecule has 7 heteroatoms. The van der Waals surface area contributed by atoms with Crippen molar-refractivity contribution in [2.24, 2.45) is 0 Å². The fourth-order valence-corrected chi connectivity index (χ4v) is 5.33. The summed E-state index contributed by atoms with van der Waals surface area (Å²) in [5.74, 6) is -2.11. The van der Waals surface area contributed by atoms with Crippen molar-refractivity contribution in [2.45, 2.75) is 58.0 Å². The minimum atomic E-state index is -0.930. The van der Waals surface area contributed by atoms with Gasteiger partial charge in [0.05, 0.1) is 27.2 Å². The average Bonchev–Trinajstić information content (AvgIpc) is 3.18. The van der Waals surface area contributed by atoms with Crippen molar-refractivity contribution in [3.8, 4) is 0 Å². The number of nitrogens with zero attached hydrogens (tertiary/aromatic N) is 2. The molecule has 29 heavy (non-hydrogen) atoms. The summed E-state index contributed by atoms with van der Waals surface area (Å²) in [6.45, 7) is 3.52. The number of aliphatic hydroxyl groups excluding tert-OH is 1. The van der Waals surface area contributed by atoms with Crippen LogP contribution in [0.15, 0.2) is 35.6 Å². The number of aryl methyl sites for hydroxylation is 2. The maximum atomic E-state index is 14.8. The number of rotatable bonds is 4. The topological polar surface area (TPSA) is 70.5 Å². The van der Waals surface area contributed by atoms with E-state index in [-0.39, 0.29) is 17.2 Å². The highest BCUT2D eigenvalue weighted by Gasteiger charge is 2.48. The Morgan fingerprint density at radius 2 is 1.90 bits per heavy atom. The van der Waals surface area contributed by atoms with E-state index in [4.69, 9.17) is 0 Å². The molecular weight excluding hydrogens is 391 g/mol. The molecule has 2 aromatic rings. The predicted octanol–water partition coefficient (Wildman–Crippen LogP) is 4.81. The van der Waals surface area contributed by atoms with Crippen LogP contribution in [0.1, 0.15) is 64.1 Å².